The normalized spacial score (nSPS) is 20.6. The number of carbonyl (C=O) groups is 1. The summed E-state index contributed by atoms with van der Waals surface area (Å²) in [7, 11) is 1.62. The molecule has 1 aliphatic carbocycles. The zero-order valence-corrected chi connectivity index (χ0v) is 16.1. The second-order valence-electron chi connectivity index (χ2n) is 7.73. The number of fused-ring (bicyclic) bond motifs is 1. The van der Waals surface area contributed by atoms with Crippen molar-refractivity contribution in [1.82, 2.24) is 14.8 Å². The summed E-state index contributed by atoms with van der Waals surface area (Å²) in [5.74, 6) is 2.12. The number of anilines is 1. The lowest BCUT2D eigenvalue weighted by atomic mass is 9.73. The average molecular weight is 368 g/mol. The number of Topliss-reactive ketones (excluding diaryl/α,β-unsaturated/α-hetero) is 1. The summed E-state index contributed by atoms with van der Waals surface area (Å²) in [5.41, 5.74) is 2.55. The molecule has 4 rings (SSSR count). The van der Waals surface area contributed by atoms with Gasteiger partial charge in [-0.1, -0.05) is 19.9 Å². The van der Waals surface area contributed by atoms with Crippen LogP contribution in [0.15, 0.2) is 35.8 Å². The Morgan fingerprint density at radius 1 is 1.30 bits per heavy atom. The Morgan fingerprint density at radius 3 is 2.85 bits per heavy atom. The molecule has 1 unspecified atom stereocenters. The molecule has 7 nitrogen and oxygen atoms in total. The quantitative estimate of drug-likeness (QED) is 0.892. The van der Waals surface area contributed by atoms with Crippen molar-refractivity contribution in [2.24, 2.45) is 5.41 Å². The summed E-state index contributed by atoms with van der Waals surface area (Å²) < 4.78 is 12.9. The molecule has 0 bridgehead atoms. The van der Waals surface area contributed by atoms with Gasteiger partial charge in [-0.05, 0) is 36.5 Å². The molecule has 0 radical (unpaired) electrons. The van der Waals surface area contributed by atoms with E-state index in [0.29, 0.717) is 30.5 Å². The molecule has 27 heavy (non-hydrogen) atoms. The summed E-state index contributed by atoms with van der Waals surface area (Å²) >= 11 is 0. The Labute approximate surface area is 158 Å². The van der Waals surface area contributed by atoms with Crippen molar-refractivity contribution in [3.05, 3.63) is 41.4 Å². The summed E-state index contributed by atoms with van der Waals surface area (Å²) in [6.07, 6.45) is 2.82. The number of ketones is 1. The minimum absolute atomic E-state index is 0.0773. The van der Waals surface area contributed by atoms with Gasteiger partial charge in [0.05, 0.1) is 13.7 Å². The number of benzene rings is 1. The number of nitrogens with one attached hydrogen (secondary N) is 1. The Bertz CT molecular complexity index is 929. The number of hydrogen-bond donors (Lipinski definition) is 1. The number of methoxy groups -OCH3 is 1. The second-order valence-corrected chi connectivity index (χ2v) is 7.73. The van der Waals surface area contributed by atoms with E-state index in [1.807, 2.05) is 25.1 Å². The molecule has 1 N–H and O–H groups in total. The fourth-order valence-electron chi connectivity index (χ4n) is 3.99. The van der Waals surface area contributed by atoms with Crippen molar-refractivity contribution in [2.75, 3.05) is 19.0 Å². The highest BCUT2D eigenvalue weighted by atomic mass is 16.5. The standard InChI is InChI=1S/C20H24N4O3/c1-5-27-16-8-12(6-7-15(16)26-4)18-17-13(9-20(2,3)10-14(17)25)23-19-21-11-22-24(18)19/h6-8,11,18H,5,9-10H2,1-4H3,(H,21,22,23). The van der Waals surface area contributed by atoms with E-state index in [2.05, 4.69) is 29.2 Å². The highest BCUT2D eigenvalue weighted by Gasteiger charge is 2.41. The van der Waals surface area contributed by atoms with Crippen molar-refractivity contribution in [2.45, 2.75) is 39.7 Å². The average Bonchev–Trinajstić information content (AvgIpc) is 3.07. The van der Waals surface area contributed by atoms with E-state index in [4.69, 9.17) is 9.47 Å². The highest BCUT2D eigenvalue weighted by molar-refractivity contribution is 6.00. The lowest BCUT2D eigenvalue weighted by molar-refractivity contribution is -0.118. The molecule has 1 aromatic heterocycles. The number of rotatable bonds is 4. The highest BCUT2D eigenvalue weighted by Crippen LogP contribution is 2.46. The third kappa shape index (κ3) is 2.97. The molecule has 2 heterocycles. The van der Waals surface area contributed by atoms with Gasteiger partial charge in [0.1, 0.15) is 12.4 Å². The second kappa shape index (κ2) is 6.40. The largest absolute Gasteiger partial charge is 0.493 e. The van der Waals surface area contributed by atoms with Gasteiger partial charge in [-0.3, -0.25) is 4.79 Å². The molecular formula is C20H24N4O3. The molecular weight excluding hydrogens is 344 g/mol. The summed E-state index contributed by atoms with van der Waals surface area (Å²) in [5, 5.41) is 7.70. The van der Waals surface area contributed by atoms with Crippen LogP contribution >= 0.6 is 0 Å². The predicted molar refractivity (Wildman–Crippen MR) is 101 cm³/mol. The Kier molecular flexibility index (Phi) is 4.17. The number of nitrogens with zero attached hydrogens (tertiary/aromatic N) is 3. The van der Waals surface area contributed by atoms with Gasteiger partial charge in [0.25, 0.3) is 0 Å². The molecule has 0 saturated carbocycles. The van der Waals surface area contributed by atoms with Crippen LogP contribution in [0.4, 0.5) is 5.95 Å². The third-order valence-electron chi connectivity index (χ3n) is 5.08. The molecule has 0 fully saturated rings. The fourth-order valence-corrected chi connectivity index (χ4v) is 3.99. The minimum Gasteiger partial charge on any atom is -0.493 e. The molecule has 7 heteroatoms. The van der Waals surface area contributed by atoms with Crippen molar-refractivity contribution >= 4 is 11.7 Å². The summed E-state index contributed by atoms with van der Waals surface area (Å²) in [4.78, 5) is 17.4. The smallest absolute Gasteiger partial charge is 0.226 e. The van der Waals surface area contributed by atoms with E-state index in [9.17, 15) is 4.79 Å². The third-order valence-corrected chi connectivity index (χ3v) is 5.08. The van der Waals surface area contributed by atoms with E-state index < -0.39 is 0 Å². The van der Waals surface area contributed by atoms with E-state index in [0.717, 1.165) is 23.3 Å². The number of aromatic nitrogens is 3. The van der Waals surface area contributed by atoms with Crippen molar-refractivity contribution < 1.29 is 14.3 Å². The first-order chi connectivity index (χ1) is 12.9. The molecule has 2 aliphatic rings. The zero-order valence-electron chi connectivity index (χ0n) is 16.1. The lowest BCUT2D eigenvalue weighted by Gasteiger charge is -2.38. The van der Waals surface area contributed by atoms with Gasteiger partial charge in [-0.2, -0.15) is 10.1 Å². The van der Waals surface area contributed by atoms with Gasteiger partial charge in [0, 0.05) is 17.7 Å². The first kappa shape index (κ1) is 17.6. The van der Waals surface area contributed by atoms with Gasteiger partial charge in [-0.15, -0.1) is 0 Å². The van der Waals surface area contributed by atoms with Gasteiger partial charge in [0.15, 0.2) is 17.3 Å². The van der Waals surface area contributed by atoms with Crippen LogP contribution in [0.2, 0.25) is 0 Å². The van der Waals surface area contributed by atoms with Crippen molar-refractivity contribution in [1.29, 1.82) is 0 Å². The molecule has 1 atom stereocenters. The minimum atomic E-state index is -0.326. The van der Waals surface area contributed by atoms with Crippen LogP contribution in [-0.4, -0.2) is 34.3 Å². The van der Waals surface area contributed by atoms with E-state index in [1.54, 1.807) is 11.8 Å². The Hall–Kier alpha value is -2.83. The summed E-state index contributed by atoms with van der Waals surface area (Å²) in [6.45, 7) is 6.69. The molecule has 1 aromatic carbocycles. The van der Waals surface area contributed by atoms with Crippen molar-refractivity contribution in [3.8, 4) is 11.5 Å². The van der Waals surface area contributed by atoms with Gasteiger partial charge < -0.3 is 14.8 Å². The van der Waals surface area contributed by atoms with Gasteiger partial charge >= 0.3 is 0 Å². The maximum atomic E-state index is 13.1. The summed E-state index contributed by atoms with van der Waals surface area (Å²) in [6, 6.07) is 5.44. The molecule has 142 valence electrons. The number of carbonyl (C=O) groups excluding carboxylic acids is 1. The topological polar surface area (TPSA) is 78.3 Å². The Balaban J connectivity index is 1.87. The van der Waals surface area contributed by atoms with Crippen LogP contribution in [0.1, 0.15) is 45.2 Å². The monoisotopic (exact) mass is 368 g/mol. The molecule has 0 amide bonds. The zero-order chi connectivity index (χ0) is 19.2. The van der Waals surface area contributed by atoms with E-state index >= 15 is 0 Å². The maximum absolute atomic E-state index is 13.1. The SMILES string of the molecule is CCOc1cc(C2C3=C(CC(C)(C)CC3=O)Nc3ncnn32)ccc1OC. The van der Waals surface area contributed by atoms with Crippen LogP contribution in [-0.2, 0) is 4.79 Å². The molecule has 1 aliphatic heterocycles. The number of allylic oxidation sites excluding steroid dienone is 2. The van der Waals surface area contributed by atoms with Crippen LogP contribution in [0.25, 0.3) is 0 Å². The van der Waals surface area contributed by atoms with Crippen LogP contribution < -0.4 is 14.8 Å². The fraction of sp³-hybridized carbons (Fsp3) is 0.450. The van der Waals surface area contributed by atoms with Gasteiger partial charge in [0.2, 0.25) is 5.95 Å². The predicted octanol–water partition coefficient (Wildman–Crippen LogP) is 3.34. The maximum Gasteiger partial charge on any atom is 0.226 e. The van der Waals surface area contributed by atoms with Gasteiger partial charge in [-0.25, -0.2) is 4.68 Å². The van der Waals surface area contributed by atoms with Crippen LogP contribution in [0.3, 0.4) is 0 Å². The first-order valence-electron chi connectivity index (χ1n) is 9.17. The number of hydrogen-bond acceptors (Lipinski definition) is 6. The van der Waals surface area contributed by atoms with E-state index in [1.165, 1.54) is 6.33 Å². The van der Waals surface area contributed by atoms with Crippen LogP contribution in [0, 0.1) is 5.41 Å². The molecule has 2 aromatic rings. The van der Waals surface area contributed by atoms with Crippen LogP contribution in [0.5, 0.6) is 11.5 Å². The molecule has 0 saturated heterocycles. The number of ether oxygens (including phenoxy) is 2. The van der Waals surface area contributed by atoms with Crippen molar-refractivity contribution in [3.63, 3.8) is 0 Å². The Morgan fingerprint density at radius 2 is 2.11 bits per heavy atom. The first-order valence-corrected chi connectivity index (χ1v) is 9.17. The lowest BCUT2D eigenvalue weighted by Crippen LogP contribution is -2.36. The van der Waals surface area contributed by atoms with E-state index in [-0.39, 0.29) is 17.2 Å². The molecule has 0 spiro atoms.